The Kier molecular flexibility index (Phi) is 4.64. The van der Waals surface area contributed by atoms with Crippen molar-refractivity contribution in [1.82, 2.24) is 0 Å². The van der Waals surface area contributed by atoms with E-state index in [4.69, 9.17) is 9.47 Å². The van der Waals surface area contributed by atoms with Gasteiger partial charge in [-0.05, 0) is 49.1 Å². The topological polar surface area (TPSA) is 35.5 Å². The Hall–Kier alpha value is -2.25. The van der Waals surface area contributed by atoms with Crippen molar-refractivity contribution in [2.24, 2.45) is 0 Å². The number of fused-ring (bicyclic) bond motifs is 1. The molecular weight excluding hydrogens is 320 g/mol. The Morgan fingerprint density at radius 3 is 2.92 bits per heavy atom. The van der Waals surface area contributed by atoms with Gasteiger partial charge in [0.1, 0.15) is 10.6 Å². The minimum Gasteiger partial charge on any atom is -0.493 e. The second-order valence-corrected chi connectivity index (χ2v) is 7.41. The molecule has 1 aliphatic heterocycles. The van der Waals surface area contributed by atoms with Crippen molar-refractivity contribution in [2.75, 3.05) is 13.2 Å². The van der Waals surface area contributed by atoms with Crippen LogP contribution in [-0.2, 0) is 10.2 Å². The molecule has 4 heteroatoms. The van der Waals surface area contributed by atoms with Gasteiger partial charge in [-0.25, -0.2) is 4.79 Å². The lowest BCUT2D eigenvalue weighted by Gasteiger charge is -2.32. The quantitative estimate of drug-likeness (QED) is 0.601. The molecule has 2 heterocycles. The van der Waals surface area contributed by atoms with Gasteiger partial charge in [-0.1, -0.05) is 25.7 Å². The first-order chi connectivity index (χ1) is 11.5. The minimum absolute atomic E-state index is 0.102. The number of ether oxygens (including phenoxy) is 2. The van der Waals surface area contributed by atoms with Crippen LogP contribution in [-0.4, -0.2) is 19.2 Å². The van der Waals surface area contributed by atoms with Gasteiger partial charge >= 0.3 is 5.97 Å². The van der Waals surface area contributed by atoms with Crippen molar-refractivity contribution in [3.05, 3.63) is 51.2 Å². The highest BCUT2D eigenvalue weighted by molar-refractivity contribution is 7.14. The van der Waals surface area contributed by atoms with Gasteiger partial charge in [0.25, 0.3) is 0 Å². The fourth-order valence-corrected chi connectivity index (χ4v) is 3.42. The van der Waals surface area contributed by atoms with Gasteiger partial charge < -0.3 is 9.47 Å². The average molecular weight is 340 g/mol. The third-order valence-electron chi connectivity index (χ3n) is 4.11. The van der Waals surface area contributed by atoms with Gasteiger partial charge in [-0.2, -0.15) is 0 Å². The molecule has 0 N–H and O–H groups in total. The molecule has 0 bridgehead atoms. The van der Waals surface area contributed by atoms with E-state index in [0.29, 0.717) is 11.5 Å². The number of carbonyl (C=O) groups excluding carboxylic acids is 1. The molecule has 0 fully saturated rings. The van der Waals surface area contributed by atoms with E-state index in [1.54, 1.807) is 13.0 Å². The lowest BCUT2D eigenvalue weighted by molar-refractivity contribution is 0.0532. The molecule has 0 aliphatic carbocycles. The molecule has 1 aromatic heterocycles. The maximum absolute atomic E-state index is 11.7. The van der Waals surface area contributed by atoms with E-state index < -0.39 is 0 Å². The van der Waals surface area contributed by atoms with Crippen LogP contribution in [0.5, 0.6) is 5.75 Å². The van der Waals surface area contributed by atoms with Gasteiger partial charge in [0.05, 0.1) is 18.1 Å². The van der Waals surface area contributed by atoms with Crippen molar-refractivity contribution < 1.29 is 14.3 Å². The summed E-state index contributed by atoms with van der Waals surface area (Å²) >= 11 is 1.36. The number of benzene rings is 1. The molecule has 0 atom stereocenters. The van der Waals surface area contributed by atoms with E-state index in [1.165, 1.54) is 16.9 Å². The largest absolute Gasteiger partial charge is 0.493 e. The molecule has 0 unspecified atom stereocenters. The molecule has 124 valence electrons. The van der Waals surface area contributed by atoms with Crippen LogP contribution in [0, 0.1) is 11.8 Å². The summed E-state index contributed by atoms with van der Waals surface area (Å²) in [4.78, 5) is 13.1. The fraction of sp³-hybridized carbons (Fsp3) is 0.350. The van der Waals surface area contributed by atoms with E-state index in [2.05, 4.69) is 31.8 Å². The first-order valence-electron chi connectivity index (χ1n) is 8.06. The molecule has 0 saturated heterocycles. The van der Waals surface area contributed by atoms with Crippen LogP contribution in [0.4, 0.5) is 0 Å². The molecule has 3 nitrogen and oxygen atoms in total. The van der Waals surface area contributed by atoms with Crippen LogP contribution in [0.1, 0.15) is 52.9 Å². The highest BCUT2D eigenvalue weighted by Gasteiger charge is 2.28. The molecule has 1 aliphatic rings. The summed E-state index contributed by atoms with van der Waals surface area (Å²) in [6, 6.07) is 9.71. The smallest absolute Gasteiger partial charge is 0.348 e. The number of esters is 1. The standard InChI is InChI=1S/C20H20O3S/c1-4-22-19(21)18-10-8-15(24-18)7-5-14-6-9-17-16(13-14)20(2,3)11-12-23-17/h6,8-10,13H,4,11-12H2,1-3H3. The summed E-state index contributed by atoms with van der Waals surface area (Å²) in [7, 11) is 0. The monoisotopic (exact) mass is 340 g/mol. The zero-order chi connectivity index (χ0) is 17.2. The van der Waals surface area contributed by atoms with E-state index in [-0.39, 0.29) is 11.4 Å². The van der Waals surface area contributed by atoms with Crippen LogP contribution in [0.15, 0.2) is 30.3 Å². The zero-order valence-corrected chi connectivity index (χ0v) is 15.0. The zero-order valence-electron chi connectivity index (χ0n) is 14.1. The summed E-state index contributed by atoms with van der Waals surface area (Å²) < 4.78 is 10.7. The van der Waals surface area contributed by atoms with Gasteiger partial charge in [-0.15, -0.1) is 11.3 Å². The van der Waals surface area contributed by atoms with Crippen LogP contribution in [0.2, 0.25) is 0 Å². The number of hydrogen-bond acceptors (Lipinski definition) is 4. The number of hydrogen-bond donors (Lipinski definition) is 0. The molecule has 24 heavy (non-hydrogen) atoms. The summed E-state index contributed by atoms with van der Waals surface area (Å²) in [5.41, 5.74) is 2.27. The minimum atomic E-state index is -0.289. The average Bonchev–Trinajstić information content (AvgIpc) is 3.02. The summed E-state index contributed by atoms with van der Waals surface area (Å²) in [5, 5.41) is 0. The second-order valence-electron chi connectivity index (χ2n) is 6.33. The summed E-state index contributed by atoms with van der Waals surface area (Å²) in [6.45, 7) is 7.40. The van der Waals surface area contributed by atoms with Crippen LogP contribution in [0.3, 0.4) is 0 Å². The van der Waals surface area contributed by atoms with Crippen molar-refractivity contribution in [3.63, 3.8) is 0 Å². The Morgan fingerprint density at radius 1 is 1.29 bits per heavy atom. The first kappa shape index (κ1) is 16.6. The second kappa shape index (κ2) is 6.70. The SMILES string of the molecule is CCOC(=O)c1ccc(C#Cc2ccc3c(c2)C(C)(C)CCO3)s1. The molecule has 0 saturated carbocycles. The van der Waals surface area contributed by atoms with Crippen LogP contribution >= 0.6 is 11.3 Å². The Bertz CT molecular complexity index is 821. The Balaban J connectivity index is 1.83. The Morgan fingerprint density at radius 2 is 2.12 bits per heavy atom. The highest BCUT2D eigenvalue weighted by atomic mass is 32.1. The van der Waals surface area contributed by atoms with E-state index in [0.717, 1.165) is 29.2 Å². The lowest BCUT2D eigenvalue weighted by atomic mass is 9.79. The van der Waals surface area contributed by atoms with Crippen molar-refractivity contribution in [3.8, 4) is 17.6 Å². The number of thiophene rings is 1. The molecule has 3 rings (SSSR count). The predicted octanol–water partition coefficient (Wildman–Crippen LogP) is 4.38. The molecular formula is C20H20O3S. The first-order valence-corrected chi connectivity index (χ1v) is 8.87. The van der Waals surface area contributed by atoms with Crippen LogP contribution in [0.25, 0.3) is 0 Å². The maximum atomic E-state index is 11.7. The van der Waals surface area contributed by atoms with E-state index >= 15 is 0 Å². The van der Waals surface area contributed by atoms with Gasteiger partial charge in [0.2, 0.25) is 0 Å². The molecule has 2 aromatic rings. The van der Waals surface area contributed by atoms with E-state index in [9.17, 15) is 4.79 Å². The molecule has 0 amide bonds. The normalized spacial score (nSPS) is 14.8. The molecule has 0 spiro atoms. The third kappa shape index (κ3) is 3.47. The van der Waals surface area contributed by atoms with Gasteiger partial charge in [0, 0.05) is 11.1 Å². The van der Waals surface area contributed by atoms with Crippen molar-refractivity contribution in [1.29, 1.82) is 0 Å². The summed E-state index contributed by atoms with van der Waals surface area (Å²) in [6.07, 6.45) is 1.00. The number of rotatable bonds is 2. The lowest BCUT2D eigenvalue weighted by Crippen LogP contribution is -2.26. The third-order valence-corrected chi connectivity index (χ3v) is 5.09. The number of carbonyl (C=O) groups is 1. The molecule has 1 aromatic carbocycles. The van der Waals surface area contributed by atoms with Crippen molar-refractivity contribution in [2.45, 2.75) is 32.6 Å². The fourth-order valence-electron chi connectivity index (χ4n) is 2.66. The van der Waals surface area contributed by atoms with E-state index in [1.807, 2.05) is 18.2 Å². The van der Waals surface area contributed by atoms with Crippen molar-refractivity contribution >= 4 is 17.3 Å². The predicted molar refractivity (Wildman–Crippen MR) is 95.8 cm³/mol. The van der Waals surface area contributed by atoms with Crippen LogP contribution < -0.4 is 4.74 Å². The maximum Gasteiger partial charge on any atom is 0.348 e. The summed E-state index contributed by atoms with van der Waals surface area (Å²) in [5.74, 6) is 6.99. The molecule has 0 radical (unpaired) electrons. The van der Waals surface area contributed by atoms with Gasteiger partial charge in [-0.3, -0.25) is 0 Å². The highest BCUT2D eigenvalue weighted by Crippen LogP contribution is 2.38. The van der Waals surface area contributed by atoms with Gasteiger partial charge in [0.15, 0.2) is 0 Å². The Labute approximate surface area is 146 Å².